The van der Waals surface area contributed by atoms with E-state index < -0.39 is 37.1 Å². The van der Waals surface area contributed by atoms with Crippen molar-refractivity contribution in [2.24, 2.45) is 71.0 Å². The van der Waals surface area contributed by atoms with Crippen LogP contribution in [0.2, 0.25) is 0 Å². The zero-order valence-electron chi connectivity index (χ0n) is 55.8. The Kier molecular flexibility index (Phi) is 24.2. The third-order valence-electron chi connectivity index (χ3n) is 25.4. The summed E-state index contributed by atoms with van der Waals surface area (Å²) in [6.45, 7) is 8.73. The van der Waals surface area contributed by atoms with Crippen molar-refractivity contribution in [1.29, 1.82) is 0 Å². The fourth-order valence-corrected chi connectivity index (χ4v) is 21.9. The number of carbonyl (C=O) groups excluding carboxylic acids is 4. The fourth-order valence-electron chi connectivity index (χ4n) is 21.9. The van der Waals surface area contributed by atoms with Crippen molar-refractivity contribution in [3.8, 4) is 23.7 Å². The molecule has 0 aliphatic heterocycles. The Balaban J connectivity index is 0.000000181. The maximum absolute atomic E-state index is 12.8. The number of benzene rings is 4. The van der Waals surface area contributed by atoms with Crippen LogP contribution in [0.4, 0.5) is 0 Å². The van der Waals surface area contributed by atoms with E-state index in [0.717, 1.165) is 122 Å². The molecule has 14 aliphatic carbocycles. The molecule has 10 nitrogen and oxygen atoms in total. The van der Waals surface area contributed by atoms with E-state index >= 15 is 0 Å². The van der Waals surface area contributed by atoms with Crippen LogP contribution in [0.5, 0.6) is 0 Å². The Morgan fingerprint density at radius 3 is 0.817 bits per heavy atom. The Morgan fingerprint density at radius 2 is 0.602 bits per heavy atom. The summed E-state index contributed by atoms with van der Waals surface area (Å²) in [7, 11) is 0. The summed E-state index contributed by atoms with van der Waals surface area (Å²) in [4.78, 5) is 50.4. The molecule has 16 bridgehead atoms. The number of halogens is 1. The quantitative estimate of drug-likeness (QED) is 0.0198. The summed E-state index contributed by atoms with van der Waals surface area (Å²) in [5, 5.41) is 0. The molecule has 0 aromatic heterocycles. The van der Waals surface area contributed by atoms with Crippen LogP contribution in [-0.4, -0.2) is 56.1 Å². The molecule has 493 valence electrons. The Labute approximate surface area is 590 Å². The topological polar surface area (TPSA) is 192 Å². The Bertz CT molecular complexity index is 3100. The molecule has 13 heteroatoms. The normalized spacial score (nSPS) is 32.3. The van der Waals surface area contributed by atoms with Gasteiger partial charge in [0.25, 0.3) is 0 Å². The molecule has 0 heterocycles. The van der Waals surface area contributed by atoms with E-state index in [1.807, 2.05) is 24.3 Å². The molecule has 14 aliphatic rings. The van der Waals surface area contributed by atoms with Crippen LogP contribution < -0.4 is 30.4 Å². The van der Waals surface area contributed by atoms with Crippen molar-refractivity contribution < 1.29 is 77.2 Å². The molecule has 1 radical (unpaired) electrons. The van der Waals surface area contributed by atoms with Gasteiger partial charge in [-0.15, -0.1) is 0 Å². The van der Waals surface area contributed by atoms with Gasteiger partial charge in [-0.05, 0) is 242 Å². The fraction of sp³-hybridized carbons (Fsp3) is 0.600. The molecule has 14 fully saturated rings. The van der Waals surface area contributed by atoms with E-state index in [1.54, 1.807) is 11.1 Å². The van der Waals surface area contributed by atoms with Crippen LogP contribution in [0.3, 0.4) is 0 Å². The van der Waals surface area contributed by atoms with Crippen LogP contribution in [0, 0.1) is 94.7 Å². The maximum atomic E-state index is 12.8. The summed E-state index contributed by atoms with van der Waals surface area (Å²) >= 11 is -7.48. The zero-order chi connectivity index (χ0) is 65.0. The number of hydrogen-bond donors (Lipinski definition) is 1. The van der Waals surface area contributed by atoms with E-state index in [0.29, 0.717) is 34.8 Å². The van der Waals surface area contributed by atoms with Crippen LogP contribution in [0.25, 0.3) is 0 Å². The molecule has 18 rings (SSSR count). The Morgan fingerprint density at radius 1 is 0.398 bits per heavy atom. The second-order valence-corrected chi connectivity index (χ2v) is 32.8. The number of ketones is 4. The number of carbonyl (C=O) groups is 4. The molecule has 4 aromatic carbocycles. The molecule has 1 N–H and O–H groups in total. The first kappa shape index (κ1) is 72.2. The van der Waals surface area contributed by atoms with E-state index in [9.17, 15) is 19.2 Å². The van der Waals surface area contributed by atoms with Gasteiger partial charge in [-0.1, -0.05) is 176 Å². The number of unbranched alkanes of at least 4 members (excludes halogenated alkanes) is 10. The van der Waals surface area contributed by atoms with Gasteiger partial charge in [0.1, 0.15) is 0 Å². The summed E-state index contributed by atoms with van der Waals surface area (Å²) in [5.74, 6) is 23.0. The molecule has 4 aromatic rings. The van der Waals surface area contributed by atoms with E-state index in [-0.39, 0.29) is 63.5 Å². The van der Waals surface area contributed by atoms with Crippen molar-refractivity contribution in [3.05, 3.63) is 142 Å². The van der Waals surface area contributed by atoms with Crippen LogP contribution in [-0.2, 0) is 55.4 Å². The summed E-state index contributed by atoms with van der Waals surface area (Å²) in [6.07, 6.45) is 32.3. The predicted molar refractivity (Wildman–Crippen MR) is 348 cm³/mol. The first-order valence-electron chi connectivity index (χ1n) is 35.4. The second kappa shape index (κ2) is 31.1. The van der Waals surface area contributed by atoms with Gasteiger partial charge in [0.2, 0.25) is 23.1 Å². The van der Waals surface area contributed by atoms with E-state index in [1.165, 1.54) is 138 Å². The molecular weight excluding hydrogens is 1370 g/mol. The van der Waals surface area contributed by atoms with E-state index in [4.69, 9.17) is 20.9 Å². The van der Waals surface area contributed by atoms with Gasteiger partial charge in [0.05, 0.1) is 0 Å². The second-order valence-electron chi connectivity index (χ2n) is 30.2. The van der Waals surface area contributed by atoms with Gasteiger partial charge >= 0.3 is 44.3 Å². The summed E-state index contributed by atoms with van der Waals surface area (Å²) in [5.41, 5.74) is 10.9. The third-order valence-corrected chi connectivity index (χ3v) is 25.4. The monoisotopic (exact) mass is 1470 g/mol. The van der Waals surface area contributed by atoms with Crippen molar-refractivity contribution in [2.45, 2.75) is 229 Å². The molecule has 0 atom stereocenters. The van der Waals surface area contributed by atoms with E-state index in [2.05, 4.69) is 124 Å². The number of rotatable bonds is 22. The minimum atomic E-state index is -5.69. The molecule has 0 spiro atoms. The minimum absolute atomic E-state index is 0. The average molecular weight is 1470 g/mol. The van der Waals surface area contributed by atoms with Crippen LogP contribution in [0.15, 0.2) is 97.1 Å². The van der Waals surface area contributed by atoms with Gasteiger partial charge in [-0.2, -0.15) is 0 Å². The van der Waals surface area contributed by atoms with Gasteiger partial charge in [-0.25, -0.2) is 0 Å². The first-order chi connectivity index (χ1) is 44.3. The van der Waals surface area contributed by atoms with Crippen LogP contribution in [0.1, 0.15) is 262 Å². The SMILES string of the molecule is CCCCCC#Cc1ccc(C23CC4C5CC6(c7ccc(C#CCCCCC)cc7)CC4C(C2)C(C6)C5C3)cc1.CCCCCC(=O)C(=O)c1ccc(C23CC4C5CC6(c7ccc(C(=O)C(=O)CCCCC)cc7)CC4C(C2)C(C6)C5C3)cc1.[Na].[O-][I+3]([O-])([O-])O.[O]=[Ru]=[O]. The van der Waals surface area contributed by atoms with Crippen molar-refractivity contribution in [3.63, 3.8) is 0 Å². The number of Topliss-reactive ketones (excluding diaryl/α,β-unsaturated/α-hetero) is 4. The molecule has 93 heavy (non-hydrogen) atoms. The summed E-state index contributed by atoms with van der Waals surface area (Å²) in [6, 6.07) is 35.6. The van der Waals surface area contributed by atoms with Crippen molar-refractivity contribution >= 4 is 52.7 Å². The molecule has 14 saturated carbocycles. The Hall–Kier alpha value is -3.53. The van der Waals surface area contributed by atoms with Crippen LogP contribution >= 0.6 is 0 Å². The number of hydrogen-bond acceptors (Lipinski definition) is 10. The molecule has 0 amide bonds. The zero-order valence-corrected chi connectivity index (χ0v) is 61.7. The average Bonchev–Trinajstić information content (AvgIpc) is 0.677. The molecule has 0 saturated heterocycles. The molecule has 0 unspecified atom stereocenters. The van der Waals surface area contributed by atoms with Gasteiger partial charge in [-0.3, -0.25) is 29.5 Å². The van der Waals surface area contributed by atoms with Crippen molar-refractivity contribution in [2.75, 3.05) is 0 Å². The van der Waals surface area contributed by atoms with Gasteiger partial charge in [0, 0.05) is 80.9 Å². The van der Waals surface area contributed by atoms with Crippen molar-refractivity contribution in [1.82, 2.24) is 0 Å². The standard InChI is InChI=1S/C40H48O4.C40H48.HIO4.Na.2O.Ru/c1-3-5-7-9-35(41)37(43)25-11-15-27(16-12-25)39-19-29-32-22-40(23-33(29)31(21-39)34(24-40)30(32)20-39)28-17-13-26(14-18-28)38(44)36(42)10-8-6-4-2;1-3-5-7-9-11-13-29-15-19-31(20-16-29)39-23-33-36-26-40(27-37(33)35(25-39)38(28-40)34(36)24-39)32-21-17-30(18-22-32)14-12-10-8-6-4-2;2-1(3,4)5;;;;/h11-18,29-34H,3-10,19-24H2,1-2H3;15-22,33-38H,3-10,23-28H2,1-2H3;2H;;;;. The third kappa shape index (κ3) is 15.2. The molecular formula is C80H97INaO10Ru. The summed E-state index contributed by atoms with van der Waals surface area (Å²) < 4.78 is 50.2. The van der Waals surface area contributed by atoms with Gasteiger partial charge in [0.15, 0.2) is 0 Å². The first-order valence-corrected chi connectivity index (χ1v) is 40.4. The van der Waals surface area contributed by atoms with Gasteiger partial charge < -0.3 is 0 Å². The predicted octanol–water partition coefficient (Wildman–Crippen LogP) is 10.7.